The molecule has 1 aromatic heterocycles. The molecular formula is C18H23N3O4S. The molecule has 0 aliphatic rings. The number of hydrogen-bond donors (Lipinski definition) is 1. The number of nitrogens with zero attached hydrogens (tertiary/aromatic N) is 2. The molecule has 0 atom stereocenters. The van der Waals surface area contributed by atoms with Crippen molar-refractivity contribution in [2.24, 2.45) is 0 Å². The Morgan fingerprint density at radius 2 is 1.92 bits per heavy atom. The Morgan fingerprint density at radius 3 is 2.50 bits per heavy atom. The Bertz CT molecular complexity index is 808. The molecule has 2 rings (SSSR count). The van der Waals surface area contributed by atoms with E-state index in [0.717, 1.165) is 12.0 Å². The normalized spacial score (nSPS) is 11.3. The molecule has 0 radical (unpaired) electrons. The van der Waals surface area contributed by atoms with Gasteiger partial charge in [-0.15, -0.1) is 0 Å². The SMILES string of the molecule is CCOc1ccc(NC(=O)CCN(Cc2ccccn2)S(C)(=O)=O)cc1. The predicted octanol–water partition coefficient (Wildman–Crippen LogP) is 2.27. The van der Waals surface area contributed by atoms with Gasteiger partial charge in [0.05, 0.1) is 25.1 Å². The molecule has 0 aliphatic carbocycles. The van der Waals surface area contributed by atoms with E-state index in [1.165, 1.54) is 4.31 Å². The molecule has 0 fully saturated rings. The van der Waals surface area contributed by atoms with E-state index in [-0.39, 0.29) is 25.4 Å². The van der Waals surface area contributed by atoms with Crippen LogP contribution < -0.4 is 10.1 Å². The van der Waals surface area contributed by atoms with Gasteiger partial charge in [-0.3, -0.25) is 9.78 Å². The molecule has 0 saturated carbocycles. The van der Waals surface area contributed by atoms with Gasteiger partial charge >= 0.3 is 0 Å². The zero-order valence-corrected chi connectivity index (χ0v) is 15.7. The molecule has 0 aliphatic heterocycles. The van der Waals surface area contributed by atoms with Gasteiger partial charge in [0.15, 0.2) is 0 Å². The number of carbonyl (C=O) groups is 1. The minimum Gasteiger partial charge on any atom is -0.494 e. The van der Waals surface area contributed by atoms with Crippen LogP contribution in [0.4, 0.5) is 5.69 Å². The van der Waals surface area contributed by atoms with Crippen molar-refractivity contribution in [3.63, 3.8) is 0 Å². The van der Waals surface area contributed by atoms with E-state index >= 15 is 0 Å². The molecule has 0 bridgehead atoms. The number of sulfonamides is 1. The summed E-state index contributed by atoms with van der Waals surface area (Å²) in [4.78, 5) is 16.3. The Kier molecular flexibility index (Phi) is 7.11. The van der Waals surface area contributed by atoms with Crippen molar-refractivity contribution in [3.05, 3.63) is 54.4 Å². The topological polar surface area (TPSA) is 88.6 Å². The predicted molar refractivity (Wildman–Crippen MR) is 100 cm³/mol. The van der Waals surface area contributed by atoms with Gasteiger partial charge in [-0.05, 0) is 43.3 Å². The van der Waals surface area contributed by atoms with Crippen molar-refractivity contribution in [2.75, 3.05) is 24.7 Å². The van der Waals surface area contributed by atoms with Crippen molar-refractivity contribution >= 4 is 21.6 Å². The highest BCUT2D eigenvalue weighted by atomic mass is 32.2. The summed E-state index contributed by atoms with van der Waals surface area (Å²) in [6.45, 7) is 2.69. The van der Waals surface area contributed by atoms with Gasteiger partial charge in [-0.1, -0.05) is 6.07 Å². The molecule has 0 spiro atoms. The molecule has 0 saturated heterocycles. The van der Waals surface area contributed by atoms with E-state index < -0.39 is 10.0 Å². The third-order valence-corrected chi connectivity index (χ3v) is 4.82. The summed E-state index contributed by atoms with van der Waals surface area (Å²) < 4.78 is 30.5. The summed E-state index contributed by atoms with van der Waals surface area (Å²) in [6.07, 6.45) is 2.78. The lowest BCUT2D eigenvalue weighted by atomic mass is 10.3. The fourth-order valence-corrected chi connectivity index (χ4v) is 3.08. The molecule has 1 N–H and O–H groups in total. The molecule has 1 amide bonds. The fourth-order valence-electron chi connectivity index (χ4n) is 2.29. The number of pyridine rings is 1. The number of amides is 1. The molecule has 8 heteroatoms. The van der Waals surface area contributed by atoms with Crippen molar-refractivity contribution in [2.45, 2.75) is 19.9 Å². The molecule has 1 heterocycles. The zero-order chi connectivity index (χ0) is 19.0. The maximum Gasteiger partial charge on any atom is 0.225 e. The third kappa shape index (κ3) is 6.45. The lowest BCUT2D eigenvalue weighted by Crippen LogP contribution is -2.32. The van der Waals surface area contributed by atoms with Gasteiger partial charge in [0.1, 0.15) is 5.75 Å². The number of benzene rings is 1. The number of anilines is 1. The number of nitrogens with one attached hydrogen (secondary N) is 1. The van der Waals surface area contributed by atoms with Gasteiger partial charge in [0, 0.05) is 24.8 Å². The second-order valence-corrected chi connectivity index (χ2v) is 7.66. The van der Waals surface area contributed by atoms with Gasteiger partial charge in [-0.2, -0.15) is 4.31 Å². The smallest absolute Gasteiger partial charge is 0.225 e. The first kappa shape index (κ1) is 19.9. The van der Waals surface area contributed by atoms with E-state index in [1.54, 1.807) is 48.7 Å². The molecule has 1 aromatic carbocycles. The van der Waals surface area contributed by atoms with Gasteiger partial charge in [0.25, 0.3) is 0 Å². The van der Waals surface area contributed by atoms with E-state index in [4.69, 9.17) is 4.74 Å². The minimum absolute atomic E-state index is 0.0487. The first-order valence-corrected chi connectivity index (χ1v) is 10.1. The quantitative estimate of drug-likeness (QED) is 0.724. The summed E-state index contributed by atoms with van der Waals surface area (Å²) in [5.41, 5.74) is 1.26. The maximum atomic E-state index is 12.1. The van der Waals surface area contributed by atoms with Crippen LogP contribution in [0.3, 0.4) is 0 Å². The first-order valence-electron chi connectivity index (χ1n) is 8.26. The summed E-state index contributed by atoms with van der Waals surface area (Å²) in [5.74, 6) is 0.466. The number of carbonyl (C=O) groups excluding carboxylic acids is 1. The van der Waals surface area contributed by atoms with Crippen molar-refractivity contribution < 1.29 is 17.9 Å². The van der Waals surface area contributed by atoms with Crippen LogP contribution in [-0.2, 0) is 21.4 Å². The van der Waals surface area contributed by atoms with E-state index in [9.17, 15) is 13.2 Å². The van der Waals surface area contributed by atoms with Crippen LogP contribution in [0.25, 0.3) is 0 Å². The highest BCUT2D eigenvalue weighted by Crippen LogP contribution is 2.16. The lowest BCUT2D eigenvalue weighted by Gasteiger charge is -2.19. The van der Waals surface area contributed by atoms with Gasteiger partial charge < -0.3 is 10.1 Å². The van der Waals surface area contributed by atoms with Gasteiger partial charge in [-0.25, -0.2) is 8.42 Å². The molecule has 140 valence electrons. The van der Waals surface area contributed by atoms with Crippen LogP contribution in [0.15, 0.2) is 48.7 Å². The van der Waals surface area contributed by atoms with Crippen LogP contribution in [0.1, 0.15) is 19.0 Å². The third-order valence-electron chi connectivity index (χ3n) is 3.57. The van der Waals surface area contributed by atoms with Crippen molar-refractivity contribution in [1.82, 2.24) is 9.29 Å². The van der Waals surface area contributed by atoms with Gasteiger partial charge in [0.2, 0.25) is 15.9 Å². The summed E-state index contributed by atoms with van der Waals surface area (Å²) in [5, 5.41) is 2.75. The van der Waals surface area contributed by atoms with E-state index in [2.05, 4.69) is 10.3 Å². The zero-order valence-electron chi connectivity index (χ0n) is 14.9. The summed E-state index contributed by atoms with van der Waals surface area (Å²) in [6, 6.07) is 12.3. The average molecular weight is 377 g/mol. The standard InChI is InChI=1S/C18H23N3O4S/c1-3-25-17-9-7-15(8-10-17)20-18(22)11-13-21(26(2,23)24)14-16-6-4-5-12-19-16/h4-10,12H,3,11,13-14H2,1-2H3,(H,20,22). The Hall–Kier alpha value is -2.45. The summed E-state index contributed by atoms with van der Waals surface area (Å²) in [7, 11) is -3.45. The number of aromatic nitrogens is 1. The summed E-state index contributed by atoms with van der Waals surface area (Å²) >= 11 is 0. The first-order chi connectivity index (χ1) is 12.4. The van der Waals surface area contributed by atoms with Crippen molar-refractivity contribution in [3.8, 4) is 5.75 Å². The van der Waals surface area contributed by atoms with Crippen LogP contribution in [0.2, 0.25) is 0 Å². The maximum absolute atomic E-state index is 12.1. The van der Waals surface area contributed by atoms with Crippen LogP contribution in [0, 0.1) is 0 Å². The van der Waals surface area contributed by atoms with Crippen LogP contribution in [-0.4, -0.2) is 43.0 Å². The molecule has 0 unspecified atom stereocenters. The molecule has 2 aromatic rings. The Balaban J connectivity index is 1.92. The minimum atomic E-state index is -3.45. The largest absolute Gasteiger partial charge is 0.494 e. The second kappa shape index (κ2) is 9.30. The average Bonchev–Trinajstić information content (AvgIpc) is 2.60. The highest BCUT2D eigenvalue weighted by Gasteiger charge is 2.18. The second-order valence-electron chi connectivity index (χ2n) is 5.67. The molecule has 7 nitrogen and oxygen atoms in total. The highest BCUT2D eigenvalue weighted by molar-refractivity contribution is 7.88. The Morgan fingerprint density at radius 1 is 1.19 bits per heavy atom. The fraction of sp³-hybridized carbons (Fsp3) is 0.333. The number of rotatable bonds is 9. The van der Waals surface area contributed by atoms with Crippen LogP contribution in [0.5, 0.6) is 5.75 Å². The monoisotopic (exact) mass is 377 g/mol. The van der Waals surface area contributed by atoms with E-state index in [0.29, 0.717) is 18.0 Å². The lowest BCUT2D eigenvalue weighted by molar-refractivity contribution is -0.116. The van der Waals surface area contributed by atoms with Crippen molar-refractivity contribution in [1.29, 1.82) is 0 Å². The number of hydrogen-bond acceptors (Lipinski definition) is 5. The Labute approximate surface area is 154 Å². The molecule has 26 heavy (non-hydrogen) atoms. The molecular weight excluding hydrogens is 354 g/mol. The number of ether oxygens (including phenoxy) is 1. The van der Waals surface area contributed by atoms with Crippen LogP contribution >= 0.6 is 0 Å². The van der Waals surface area contributed by atoms with E-state index in [1.807, 2.05) is 6.92 Å².